The Morgan fingerprint density at radius 1 is 0.744 bits per heavy atom. The van der Waals surface area contributed by atoms with Crippen molar-refractivity contribution in [1.82, 2.24) is 5.32 Å². The highest BCUT2D eigenvalue weighted by atomic mass is 16.6. The fourth-order valence-corrected chi connectivity index (χ4v) is 4.17. The van der Waals surface area contributed by atoms with E-state index in [1.54, 1.807) is 30.3 Å². The fourth-order valence-electron chi connectivity index (χ4n) is 4.17. The number of non-ortho nitro benzene ring substituents is 1. The number of Topliss-reactive ketones (excluding diaryl/α,β-unsaturated/α-hetero) is 1. The van der Waals surface area contributed by atoms with Crippen LogP contribution in [0.3, 0.4) is 0 Å². The lowest BCUT2D eigenvalue weighted by atomic mass is 9.90. The third-order valence-corrected chi connectivity index (χ3v) is 6.16. The van der Waals surface area contributed by atoms with Crippen LogP contribution in [0.2, 0.25) is 0 Å². The highest BCUT2D eigenvalue weighted by Crippen LogP contribution is 2.25. The van der Waals surface area contributed by atoms with E-state index in [0.29, 0.717) is 11.1 Å². The van der Waals surface area contributed by atoms with E-state index in [4.69, 9.17) is 4.74 Å². The molecule has 196 valence electrons. The molecule has 0 heterocycles. The van der Waals surface area contributed by atoms with Gasteiger partial charge in [-0.25, -0.2) is 4.79 Å². The second-order valence-electron chi connectivity index (χ2n) is 8.84. The van der Waals surface area contributed by atoms with Crippen LogP contribution in [0.25, 0.3) is 0 Å². The zero-order valence-electron chi connectivity index (χ0n) is 20.9. The average molecular weight is 523 g/mol. The number of esters is 1. The second kappa shape index (κ2) is 12.9. The van der Waals surface area contributed by atoms with Crippen molar-refractivity contribution < 1.29 is 24.0 Å². The van der Waals surface area contributed by atoms with Gasteiger partial charge in [0.1, 0.15) is 6.04 Å². The zero-order valence-corrected chi connectivity index (χ0v) is 20.9. The highest BCUT2D eigenvalue weighted by molar-refractivity contribution is 5.98. The van der Waals surface area contributed by atoms with Crippen LogP contribution in [0.15, 0.2) is 115 Å². The third kappa shape index (κ3) is 7.23. The predicted octanol–water partition coefficient (Wildman–Crippen LogP) is 4.88. The van der Waals surface area contributed by atoms with Crippen molar-refractivity contribution in [3.63, 3.8) is 0 Å². The SMILES string of the molecule is O=C(COC(=O)[C@H](Cc1ccc([N+](=O)[O-])cc1)NC(=O)C(c1ccccc1)c1ccccc1)c1ccccc1. The number of benzene rings is 4. The van der Waals surface area contributed by atoms with Crippen molar-refractivity contribution in [3.05, 3.63) is 148 Å². The maximum Gasteiger partial charge on any atom is 0.329 e. The summed E-state index contributed by atoms with van der Waals surface area (Å²) in [5, 5.41) is 13.8. The number of amides is 1. The summed E-state index contributed by atoms with van der Waals surface area (Å²) in [6.45, 7) is -0.490. The maximum atomic E-state index is 13.7. The smallest absolute Gasteiger partial charge is 0.329 e. The molecule has 0 aromatic heterocycles. The van der Waals surface area contributed by atoms with Crippen molar-refractivity contribution in [2.24, 2.45) is 0 Å². The first-order valence-corrected chi connectivity index (χ1v) is 12.3. The van der Waals surface area contributed by atoms with Gasteiger partial charge in [0.05, 0.1) is 10.8 Å². The Bertz CT molecular complexity index is 1390. The normalized spacial score (nSPS) is 11.4. The van der Waals surface area contributed by atoms with Gasteiger partial charge in [0.25, 0.3) is 5.69 Å². The van der Waals surface area contributed by atoms with E-state index >= 15 is 0 Å². The number of nitrogens with one attached hydrogen (secondary N) is 1. The lowest BCUT2D eigenvalue weighted by molar-refractivity contribution is -0.384. The Hall–Kier alpha value is -5.11. The van der Waals surface area contributed by atoms with Crippen LogP contribution in [-0.4, -0.2) is 35.2 Å². The number of carbonyl (C=O) groups excluding carboxylic acids is 3. The van der Waals surface area contributed by atoms with Gasteiger partial charge in [-0.15, -0.1) is 0 Å². The van der Waals surface area contributed by atoms with E-state index in [2.05, 4.69) is 5.32 Å². The van der Waals surface area contributed by atoms with Crippen LogP contribution in [0.1, 0.15) is 33.0 Å². The number of rotatable bonds is 11. The maximum absolute atomic E-state index is 13.7. The van der Waals surface area contributed by atoms with Crippen molar-refractivity contribution in [1.29, 1.82) is 0 Å². The molecule has 0 radical (unpaired) electrons. The Morgan fingerprint density at radius 2 is 1.26 bits per heavy atom. The van der Waals surface area contributed by atoms with Crippen molar-refractivity contribution in [3.8, 4) is 0 Å². The standard InChI is InChI=1S/C31H26N2O6/c34-28(23-10-4-1-5-11-23)21-39-31(36)27(20-22-16-18-26(19-17-22)33(37)38)32-30(35)29(24-12-6-2-7-13-24)25-14-8-3-9-15-25/h1-19,27,29H,20-21H2,(H,32,35)/t27-/m0/s1. The second-order valence-corrected chi connectivity index (χ2v) is 8.84. The minimum atomic E-state index is -1.14. The van der Waals surface area contributed by atoms with Crippen molar-refractivity contribution >= 4 is 23.3 Å². The highest BCUT2D eigenvalue weighted by Gasteiger charge is 2.29. The van der Waals surface area contributed by atoms with Gasteiger partial charge in [-0.05, 0) is 16.7 Å². The van der Waals surface area contributed by atoms with Gasteiger partial charge in [-0.3, -0.25) is 19.7 Å². The van der Waals surface area contributed by atoms with Gasteiger partial charge in [-0.2, -0.15) is 0 Å². The van der Waals surface area contributed by atoms with Crippen LogP contribution < -0.4 is 5.32 Å². The first-order chi connectivity index (χ1) is 18.9. The van der Waals surface area contributed by atoms with Crippen LogP contribution in [0, 0.1) is 10.1 Å². The molecule has 0 saturated heterocycles. The largest absolute Gasteiger partial charge is 0.456 e. The molecule has 0 spiro atoms. The molecule has 1 amide bonds. The van der Waals surface area contributed by atoms with Gasteiger partial charge in [0.2, 0.25) is 5.91 Å². The molecule has 0 bridgehead atoms. The average Bonchev–Trinajstić information content (AvgIpc) is 2.97. The van der Waals surface area contributed by atoms with Crippen LogP contribution >= 0.6 is 0 Å². The van der Waals surface area contributed by atoms with E-state index in [9.17, 15) is 24.5 Å². The fraction of sp³-hybridized carbons (Fsp3) is 0.129. The quantitative estimate of drug-likeness (QED) is 0.130. The van der Waals surface area contributed by atoms with Gasteiger partial charge in [0.15, 0.2) is 12.4 Å². The molecule has 4 rings (SSSR count). The molecule has 0 aliphatic carbocycles. The Morgan fingerprint density at radius 3 is 1.77 bits per heavy atom. The number of ketones is 1. The lowest BCUT2D eigenvalue weighted by Gasteiger charge is -2.23. The Balaban J connectivity index is 1.57. The van der Waals surface area contributed by atoms with Crippen LogP contribution in [-0.2, 0) is 20.7 Å². The van der Waals surface area contributed by atoms with E-state index in [0.717, 1.165) is 11.1 Å². The summed E-state index contributed by atoms with van der Waals surface area (Å²) in [6.07, 6.45) is 0.0123. The Kier molecular flexibility index (Phi) is 8.92. The molecule has 0 aliphatic heterocycles. The number of nitro benzene ring substituents is 1. The van der Waals surface area contributed by atoms with Crippen LogP contribution in [0.4, 0.5) is 5.69 Å². The van der Waals surface area contributed by atoms with Crippen LogP contribution in [0.5, 0.6) is 0 Å². The molecule has 8 heteroatoms. The summed E-state index contributed by atoms with van der Waals surface area (Å²) in [5.41, 5.74) is 2.36. The molecule has 1 atom stereocenters. The summed E-state index contributed by atoms with van der Waals surface area (Å²) in [6, 6.07) is 31.3. The van der Waals surface area contributed by atoms with Gasteiger partial charge >= 0.3 is 5.97 Å². The van der Waals surface area contributed by atoms with E-state index in [-0.39, 0.29) is 17.9 Å². The molecular weight excluding hydrogens is 496 g/mol. The first kappa shape index (κ1) is 26.9. The zero-order chi connectivity index (χ0) is 27.6. The van der Waals surface area contributed by atoms with Crippen molar-refractivity contribution in [2.75, 3.05) is 6.61 Å². The molecule has 0 aliphatic rings. The molecule has 4 aromatic rings. The van der Waals surface area contributed by atoms with Gasteiger partial charge in [-0.1, -0.05) is 103 Å². The summed E-state index contributed by atoms with van der Waals surface area (Å²) < 4.78 is 5.34. The number of hydrogen-bond acceptors (Lipinski definition) is 6. The minimum Gasteiger partial charge on any atom is -0.456 e. The summed E-state index contributed by atoms with van der Waals surface area (Å²) in [7, 11) is 0. The van der Waals surface area contributed by atoms with E-state index in [1.807, 2.05) is 60.7 Å². The minimum absolute atomic E-state index is 0.0123. The van der Waals surface area contributed by atoms with Crippen molar-refractivity contribution in [2.45, 2.75) is 18.4 Å². The number of nitrogens with zero attached hydrogens (tertiary/aromatic N) is 1. The third-order valence-electron chi connectivity index (χ3n) is 6.16. The van der Waals surface area contributed by atoms with Gasteiger partial charge in [0, 0.05) is 24.1 Å². The molecule has 8 nitrogen and oxygen atoms in total. The summed E-state index contributed by atoms with van der Waals surface area (Å²) in [4.78, 5) is 49.9. The molecule has 0 fully saturated rings. The molecule has 0 saturated carbocycles. The lowest BCUT2D eigenvalue weighted by Crippen LogP contribution is -2.45. The number of hydrogen-bond donors (Lipinski definition) is 1. The first-order valence-electron chi connectivity index (χ1n) is 12.3. The predicted molar refractivity (Wildman–Crippen MR) is 145 cm³/mol. The summed E-state index contributed by atoms with van der Waals surface area (Å²) >= 11 is 0. The number of nitro groups is 1. The monoisotopic (exact) mass is 522 g/mol. The molecule has 39 heavy (non-hydrogen) atoms. The number of carbonyl (C=O) groups is 3. The number of ether oxygens (including phenoxy) is 1. The van der Waals surface area contributed by atoms with Gasteiger partial charge < -0.3 is 10.1 Å². The molecule has 1 N–H and O–H groups in total. The summed E-state index contributed by atoms with van der Waals surface area (Å²) in [5.74, 6) is -2.29. The van der Waals surface area contributed by atoms with E-state index in [1.165, 1.54) is 24.3 Å². The Labute approximate surface area is 225 Å². The molecule has 4 aromatic carbocycles. The molecule has 0 unspecified atom stereocenters. The molecular formula is C31H26N2O6. The topological polar surface area (TPSA) is 116 Å². The van der Waals surface area contributed by atoms with E-state index < -0.39 is 35.4 Å².